The van der Waals surface area contributed by atoms with Gasteiger partial charge in [0.2, 0.25) is 0 Å². The molecule has 1 aliphatic heterocycles. The van der Waals surface area contributed by atoms with Gasteiger partial charge in [-0.15, -0.1) is 0 Å². The van der Waals surface area contributed by atoms with Crippen molar-refractivity contribution in [3.8, 4) is 5.75 Å². The zero-order chi connectivity index (χ0) is 18.2. The molecule has 1 heterocycles. The van der Waals surface area contributed by atoms with Crippen molar-refractivity contribution >= 4 is 0 Å². The molecule has 0 amide bonds. The van der Waals surface area contributed by atoms with E-state index in [0.717, 1.165) is 24.2 Å². The minimum atomic E-state index is -0.939. The van der Waals surface area contributed by atoms with Gasteiger partial charge in [0.05, 0.1) is 7.11 Å². The van der Waals surface area contributed by atoms with Crippen LogP contribution in [0.4, 0.5) is 0 Å². The highest BCUT2D eigenvalue weighted by atomic mass is 17.3. The Kier molecular flexibility index (Phi) is 5.06. The molecule has 2 unspecified atom stereocenters. The second-order valence-corrected chi connectivity index (χ2v) is 8.86. The topological polar surface area (TPSA) is 36.9 Å². The largest absolute Gasteiger partial charge is 0.497 e. The molecule has 0 aromatic heterocycles. The lowest BCUT2D eigenvalue weighted by Crippen LogP contribution is -2.71. The SMILES string of the molecule is COc1cccc(C2(OC)OOC2(CCC(C)(C)C)C(C)(C)C)c1. The molecule has 0 saturated carbocycles. The van der Waals surface area contributed by atoms with E-state index in [1.165, 1.54) is 0 Å². The Morgan fingerprint density at radius 3 is 2.08 bits per heavy atom. The Balaban J connectivity index is 2.50. The van der Waals surface area contributed by atoms with E-state index in [1.807, 2.05) is 24.3 Å². The van der Waals surface area contributed by atoms with E-state index in [1.54, 1.807) is 14.2 Å². The van der Waals surface area contributed by atoms with Crippen LogP contribution in [0, 0.1) is 10.8 Å². The number of methoxy groups -OCH3 is 2. The van der Waals surface area contributed by atoms with Gasteiger partial charge < -0.3 is 9.47 Å². The lowest BCUT2D eigenvalue weighted by molar-refractivity contribution is -0.636. The fourth-order valence-corrected chi connectivity index (χ4v) is 3.39. The Morgan fingerprint density at radius 1 is 1.00 bits per heavy atom. The summed E-state index contributed by atoms with van der Waals surface area (Å²) in [5.74, 6) is -0.163. The first-order valence-corrected chi connectivity index (χ1v) is 8.58. The Labute approximate surface area is 146 Å². The number of hydrogen-bond acceptors (Lipinski definition) is 4. The second kappa shape index (κ2) is 6.32. The van der Waals surface area contributed by atoms with Gasteiger partial charge in [-0.3, -0.25) is 0 Å². The molecule has 4 heteroatoms. The average molecular weight is 336 g/mol. The van der Waals surface area contributed by atoms with Crippen molar-refractivity contribution in [1.82, 2.24) is 0 Å². The van der Waals surface area contributed by atoms with Crippen molar-refractivity contribution < 1.29 is 19.2 Å². The zero-order valence-corrected chi connectivity index (χ0v) is 16.4. The van der Waals surface area contributed by atoms with Gasteiger partial charge in [-0.25, -0.2) is 4.89 Å². The predicted octanol–water partition coefficient (Wildman–Crippen LogP) is 5.07. The van der Waals surface area contributed by atoms with Gasteiger partial charge in [0.25, 0.3) is 5.79 Å². The minimum Gasteiger partial charge on any atom is -0.497 e. The molecule has 1 aliphatic rings. The van der Waals surface area contributed by atoms with Crippen LogP contribution in [0.1, 0.15) is 59.9 Å². The fraction of sp³-hybridized carbons (Fsp3) is 0.700. The van der Waals surface area contributed by atoms with E-state index in [-0.39, 0.29) is 10.8 Å². The summed E-state index contributed by atoms with van der Waals surface area (Å²) in [5.41, 5.74) is 0.370. The standard InChI is InChI=1S/C20H32O4/c1-17(2,3)12-13-19(18(4,5)6)20(22-8,24-23-19)15-10-9-11-16(14-15)21-7/h9-11,14H,12-13H2,1-8H3. The molecule has 1 fully saturated rings. The van der Waals surface area contributed by atoms with Gasteiger partial charge in [0.15, 0.2) is 5.60 Å². The molecule has 2 atom stereocenters. The summed E-state index contributed by atoms with van der Waals surface area (Å²) >= 11 is 0. The van der Waals surface area contributed by atoms with Crippen molar-refractivity contribution in [3.05, 3.63) is 29.8 Å². The molecule has 0 radical (unpaired) electrons. The normalized spacial score (nSPS) is 27.7. The van der Waals surface area contributed by atoms with Crippen LogP contribution in [0.3, 0.4) is 0 Å². The number of benzene rings is 1. The number of ether oxygens (including phenoxy) is 2. The quantitative estimate of drug-likeness (QED) is 0.704. The van der Waals surface area contributed by atoms with Gasteiger partial charge in [-0.1, -0.05) is 53.7 Å². The summed E-state index contributed by atoms with van der Waals surface area (Å²) in [5, 5.41) is 0. The van der Waals surface area contributed by atoms with E-state index < -0.39 is 11.4 Å². The van der Waals surface area contributed by atoms with Crippen molar-refractivity contribution in [2.75, 3.05) is 14.2 Å². The number of hydrogen-bond donors (Lipinski definition) is 0. The van der Waals surface area contributed by atoms with Crippen LogP contribution in [0.15, 0.2) is 24.3 Å². The molecule has 1 aromatic rings. The lowest BCUT2D eigenvalue weighted by Gasteiger charge is -2.61. The molecular formula is C20H32O4. The Bertz CT molecular complexity index is 566. The molecule has 136 valence electrons. The van der Waals surface area contributed by atoms with Gasteiger partial charge in [0, 0.05) is 12.7 Å². The molecule has 4 nitrogen and oxygen atoms in total. The van der Waals surface area contributed by atoms with Gasteiger partial charge in [-0.2, -0.15) is 4.89 Å². The van der Waals surface area contributed by atoms with Gasteiger partial charge in [0.1, 0.15) is 5.75 Å². The Hall–Kier alpha value is -1.10. The highest BCUT2D eigenvalue weighted by Crippen LogP contribution is 2.60. The molecular weight excluding hydrogens is 304 g/mol. The lowest BCUT2D eigenvalue weighted by atomic mass is 9.64. The summed E-state index contributed by atoms with van der Waals surface area (Å²) in [7, 11) is 3.34. The van der Waals surface area contributed by atoms with Crippen molar-refractivity contribution in [1.29, 1.82) is 0 Å². The van der Waals surface area contributed by atoms with Crippen LogP contribution in [0.5, 0.6) is 5.75 Å². The maximum absolute atomic E-state index is 5.96. The first-order chi connectivity index (χ1) is 11.0. The van der Waals surface area contributed by atoms with E-state index in [9.17, 15) is 0 Å². The molecule has 1 saturated heterocycles. The fourth-order valence-electron chi connectivity index (χ4n) is 3.39. The van der Waals surface area contributed by atoms with E-state index in [0.29, 0.717) is 0 Å². The van der Waals surface area contributed by atoms with Gasteiger partial charge in [-0.05, 0) is 35.8 Å². The summed E-state index contributed by atoms with van der Waals surface area (Å²) < 4.78 is 11.3. The first kappa shape index (κ1) is 19.2. The third-order valence-corrected chi connectivity index (χ3v) is 5.01. The van der Waals surface area contributed by atoms with Crippen molar-refractivity contribution in [3.63, 3.8) is 0 Å². The number of rotatable bonds is 5. The molecule has 0 spiro atoms. The highest BCUT2D eigenvalue weighted by Gasteiger charge is 2.71. The third kappa shape index (κ3) is 3.07. The van der Waals surface area contributed by atoms with Crippen molar-refractivity contribution in [2.24, 2.45) is 10.8 Å². The molecule has 24 heavy (non-hydrogen) atoms. The molecule has 1 aromatic carbocycles. The van der Waals surface area contributed by atoms with Gasteiger partial charge >= 0.3 is 0 Å². The maximum atomic E-state index is 5.96. The van der Waals surface area contributed by atoms with E-state index >= 15 is 0 Å². The van der Waals surface area contributed by atoms with Crippen molar-refractivity contribution in [2.45, 2.75) is 65.8 Å². The summed E-state index contributed by atoms with van der Waals surface area (Å²) in [6.07, 6.45) is 1.84. The predicted molar refractivity (Wildman–Crippen MR) is 94.7 cm³/mol. The highest BCUT2D eigenvalue weighted by molar-refractivity contribution is 5.35. The molecule has 0 bridgehead atoms. The minimum absolute atomic E-state index is 0.171. The van der Waals surface area contributed by atoms with Crippen LogP contribution in [-0.2, 0) is 20.3 Å². The smallest absolute Gasteiger partial charge is 0.260 e. The molecule has 0 N–H and O–H groups in total. The Morgan fingerprint density at radius 2 is 1.67 bits per heavy atom. The van der Waals surface area contributed by atoms with E-state index in [4.69, 9.17) is 19.2 Å². The third-order valence-electron chi connectivity index (χ3n) is 5.01. The monoisotopic (exact) mass is 336 g/mol. The van der Waals surface area contributed by atoms with Crippen LogP contribution in [-0.4, -0.2) is 19.8 Å². The van der Waals surface area contributed by atoms with Crippen LogP contribution in [0.2, 0.25) is 0 Å². The van der Waals surface area contributed by atoms with Crippen LogP contribution in [0.25, 0.3) is 0 Å². The summed E-state index contributed by atoms with van der Waals surface area (Å²) in [4.78, 5) is 11.5. The second-order valence-electron chi connectivity index (χ2n) is 8.86. The zero-order valence-electron chi connectivity index (χ0n) is 16.4. The van der Waals surface area contributed by atoms with Crippen LogP contribution < -0.4 is 4.74 Å². The molecule has 2 rings (SSSR count). The van der Waals surface area contributed by atoms with E-state index in [2.05, 4.69) is 41.5 Å². The van der Waals surface area contributed by atoms with Crippen LogP contribution >= 0.6 is 0 Å². The first-order valence-electron chi connectivity index (χ1n) is 8.58. The summed E-state index contributed by atoms with van der Waals surface area (Å²) in [6, 6.07) is 7.84. The average Bonchev–Trinajstić information content (AvgIpc) is 2.45. The molecule has 0 aliphatic carbocycles. The summed E-state index contributed by atoms with van der Waals surface area (Å²) in [6.45, 7) is 13.2. The maximum Gasteiger partial charge on any atom is 0.260 e.